The Labute approximate surface area is 187 Å². The summed E-state index contributed by atoms with van der Waals surface area (Å²) in [6, 6.07) is 21.5. The highest BCUT2D eigenvalue weighted by molar-refractivity contribution is 5.94. The van der Waals surface area contributed by atoms with Crippen molar-refractivity contribution in [2.75, 3.05) is 6.61 Å². The van der Waals surface area contributed by atoms with Gasteiger partial charge in [-0.15, -0.1) is 0 Å². The van der Waals surface area contributed by atoms with Crippen molar-refractivity contribution in [1.82, 2.24) is 9.78 Å². The molecule has 1 aromatic heterocycles. The summed E-state index contributed by atoms with van der Waals surface area (Å²) in [7, 11) is 0. The second-order valence-electron chi connectivity index (χ2n) is 8.17. The molecule has 1 atom stereocenters. The molecule has 3 aromatic carbocycles. The van der Waals surface area contributed by atoms with Crippen molar-refractivity contribution in [2.45, 2.75) is 39.8 Å². The molecule has 5 heteroatoms. The number of aliphatic hydroxyl groups is 1. The normalized spacial score (nSPS) is 12.1. The van der Waals surface area contributed by atoms with Crippen molar-refractivity contribution in [2.24, 2.45) is 0 Å². The minimum atomic E-state index is -0.877. The van der Waals surface area contributed by atoms with E-state index < -0.39 is 6.10 Å². The Morgan fingerprint density at radius 3 is 2.56 bits per heavy atom. The molecule has 1 heterocycles. The van der Waals surface area contributed by atoms with Gasteiger partial charge in [-0.1, -0.05) is 55.0 Å². The molecule has 4 rings (SSSR count). The van der Waals surface area contributed by atoms with Gasteiger partial charge in [-0.3, -0.25) is 4.79 Å². The van der Waals surface area contributed by atoms with E-state index in [1.807, 2.05) is 62.4 Å². The van der Waals surface area contributed by atoms with Gasteiger partial charge in [0.1, 0.15) is 18.5 Å². The monoisotopic (exact) mass is 428 g/mol. The van der Waals surface area contributed by atoms with Crippen molar-refractivity contribution in [3.63, 3.8) is 0 Å². The molecule has 0 bridgehead atoms. The first-order chi connectivity index (χ1) is 15.5. The number of aryl methyl sites for hydroxylation is 3. The van der Waals surface area contributed by atoms with Crippen LogP contribution in [0.4, 0.5) is 0 Å². The minimum Gasteiger partial charge on any atom is -0.491 e. The predicted octanol–water partition coefficient (Wildman–Crippen LogP) is 4.68. The van der Waals surface area contributed by atoms with Crippen LogP contribution in [0.3, 0.4) is 0 Å². The summed E-state index contributed by atoms with van der Waals surface area (Å²) in [6.45, 7) is 6.28. The number of hydrogen-bond donors (Lipinski definition) is 1. The van der Waals surface area contributed by atoms with Crippen molar-refractivity contribution >= 4 is 10.8 Å². The molecular formula is C27H28N2O3. The van der Waals surface area contributed by atoms with Crippen LogP contribution in [0.1, 0.15) is 23.6 Å². The van der Waals surface area contributed by atoms with Crippen molar-refractivity contribution in [3.8, 4) is 17.0 Å². The smallest absolute Gasteiger partial charge is 0.274 e. The maximum atomic E-state index is 13.1. The average Bonchev–Trinajstić information content (AvgIpc) is 2.81. The molecule has 32 heavy (non-hydrogen) atoms. The number of aromatic nitrogens is 2. The van der Waals surface area contributed by atoms with Gasteiger partial charge >= 0.3 is 0 Å². The van der Waals surface area contributed by atoms with Gasteiger partial charge in [-0.05, 0) is 55.7 Å². The first-order valence-corrected chi connectivity index (χ1v) is 10.9. The van der Waals surface area contributed by atoms with Crippen LogP contribution in [0.5, 0.6) is 5.75 Å². The molecule has 0 radical (unpaired) electrons. The third kappa shape index (κ3) is 4.58. The molecule has 4 aromatic rings. The lowest BCUT2D eigenvalue weighted by Crippen LogP contribution is -2.32. The summed E-state index contributed by atoms with van der Waals surface area (Å²) in [5.41, 5.74) is 4.88. The molecule has 1 unspecified atom stereocenters. The van der Waals surface area contributed by atoms with E-state index in [1.54, 1.807) is 0 Å². The molecule has 0 saturated heterocycles. The maximum absolute atomic E-state index is 13.1. The lowest BCUT2D eigenvalue weighted by atomic mass is 9.99. The predicted molar refractivity (Wildman–Crippen MR) is 128 cm³/mol. The van der Waals surface area contributed by atoms with E-state index in [0.29, 0.717) is 11.1 Å². The maximum Gasteiger partial charge on any atom is 0.274 e. The van der Waals surface area contributed by atoms with Crippen LogP contribution < -0.4 is 10.3 Å². The summed E-state index contributed by atoms with van der Waals surface area (Å²) >= 11 is 0. The molecule has 0 aliphatic carbocycles. The second kappa shape index (κ2) is 9.37. The topological polar surface area (TPSA) is 64.3 Å². The summed E-state index contributed by atoms with van der Waals surface area (Å²) in [5.74, 6) is 0.707. The van der Waals surface area contributed by atoms with Crippen LogP contribution in [0.2, 0.25) is 0 Å². The highest BCUT2D eigenvalue weighted by Gasteiger charge is 2.16. The Hall–Kier alpha value is -3.44. The van der Waals surface area contributed by atoms with Gasteiger partial charge in [-0.2, -0.15) is 5.10 Å². The first kappa shape index (κ1) is 21.8. The molecule has 0 aliphatic rings. The Kier molecular flexibility index (Phi) is 6.37. The molecule has 5 nitrogen and oxygen atoms in total. The van der Waals surface area contributed by atoms with E-state index in [1.165, 1.54) is 10.2 Å². The average molecular weight is 429 g/mol. The molecule has 164 valence electrons. The van der Waals surface area contributed by atoms with E-state index in [2.05, 4.69) is 30.2 Å². The SMILES string of the molecule is CCc1cccc(OCC(O)Cn2nc(-c3cc(C)ccc3C)c3ccccc3c2=O)c1. The van der Waals surface area contributed by atoms with Gasteiger partial charge in [0.25, 0.3) is 5.56 Å². The summed E-state index contributed by atoms with van der Waals surface area (Å²) in [6.07, 6.45) is 0.0372. The molecule has 1 N–H and O–H groups in total. The molecule has 0 amide bonds. The van der Waals surface area contributed by atoms with Crippen LogP contribution in [-0.2, 0) is 13.0 Å². The van der Waals surface area contributed by atoms with Gasteiger partial charge in [0.2, 0.25) is 0 Å². The van der Waals surface area contributed by atoms with E-state index in [-0.39, 0.29) is 18.7 Å². The first-order valence-electron chi connectivity index (χ1n) is 10.9. The van der Waals surface area contributed by atoms with E-state index in [9.17, 15) is 9.90 Å². The number of ether oxygens (including phenoxy) is 1. The summed E-state index contributed by atoms with van der Waals surface area (Å²) in [5, 5.41) is 16.7. The van der Waals surface area contributed by atoms with E-state index in [4.69, 9.17) is 4.74 Å². The number of hydrogen-bond acceptors (Lipinski definition) is 4. The lowest BCUT2D eigenvalue weighted by Gasteiger charge is -2.16. The third-order valence-electron chi connectivity index (χ3n) is 5.65. The fraction of sp³-hybridized carbons (Fsp3) is 0.259. The van der Waals surface area contributed by atoms with Crippen molar-refractivity contribution < 1.29 is 9.84 Å². The standard InChI is InChI=1S/C27H28N2O3/c1-4-20-8-7-9-22(15-20)32-17-21(30)16-29-27(31)24-11-6-5-10-23(24)26(28-29)25-14-18(2)12-13-19(25)3/h5-15,21,30H,4,16-17H2,1-3H3. The van der Waals surface area contributed by atoms with Crippen LogP contribution in [0.25, 0.3) is 22.0 Å². The van der Waals surface area contributed by atoms with Crippen molar-refractivity contribution in [1.29, 1.82) is 0 Å². The Morgan fingerprint density at radius 1 is 1.00 bits per heavy atom. The minimum absolute atomic E-state index is 0.0506. The zero-order chi connectivity index (χ0) is 22.7. The second-order valence-corrected chi connectivity index (χ2v) is 8.17. The molecule has 0 fully saturated rings. The van der Waals surface area contributed by atoms with Gasteiger partial charge in [0.15, 0.2) is 0 Å². The van der Waals surface area contributed by atoms with Gasteiger partial charge in [0, 0.05) is 10.9 Å². The fourth-order valence-corrected chi connectivity index (χ4v) is 3.85. The molecular weight excluding hydrogens is 400 g/mol. The van der Waals surface area contributed by atoms with Crippen LogP contribution in [-0.4, -0.2) is 27.6 Å². The van der Waals surface area contributed by atoms with E-state index >= 15 is 0 Å². The summed E-state index contributed by atoms with van der Waals surface area (Å²) < 4.78 is 7.12. The Bertz CT molecular complexity index is 1310. The number of nitrogens with zero attached hydrogens (tertiary/aromatic N) is 2. The number of benzene rings is 3. The fourth-order valence-electron chi connectivity index (χ4n) is 3.85. The lowest BCUT2D eigenvalue weighted by molar-refractivity contribution is 0.0882. The van der Waals surface area contributed by atoms with Crippen LogP contribution in [0.15, 0.2) is 71.5 Å². The quantitative estimate of drug-likeness (QED) is 0.464. The number of rotatable bonds is 7. The zero-order valence-corrected chi connectivity index (χ0v) is 18.7. The van der Waals surface area contributed by atoms with E-state index in [0.717, 1.165) is 34.2 Å². The van der Waals surface area contributed by atoms with Gasteiger partial charge in [-0.25, -0.2) is 4.68 Å². The third-order valence-corrected chi connectivity index (χ3v) is 5.65. The molecule has 0 spiro atoms. The molecule has 0 aliphatic heterocycles. The Balaban J connectivity index is 1.66. The number of aliphatic hydroxyl groups excluding tert-OH is 1. The summed E-state index contributed by atoms with van der Waals surface area (Å²) in [4.78, 5) is 13.1. The van der Waals surface area contributed by atoms with Crippen LogP contribution in [0, 0.1) is 13.8 Å². The van der Waals surface area contributed by atoms with Crippen molar-refractivity contribution in [3.05, 3.63) is 93.8 Å². The highest BCUT2D eigenvalue weighted by atomic mass is 16.5. The van der Waals surface area contributed by atoms with Gasteiger partial charge < -0.3 is 9.84 Å². The number of fused-ring (bicyclic) bond motifs is 1. The zero-order valence-electron chi connectivity index (χ0n) is 18.7. The van der Waals surface area contributed by atoms with Crippen LogP contribution >= 0.6 is 0 Å². The Morgan fingerprint density at radius 2 is 1.78 bits per heavy atom. The molecule has 0 saturated carbocycles. The van der Waals surface area contributed by atoms with Gasteiger partial charge in [0.05, 0.1) is 17.6 Å². The highest BCUT2D eigenvalue weighted by Crippen LogP contribution is 2.28. The largest absolute Gasteiger partial charge is 0.491 e.